The fraction of sp³-hybridized carbons (Fsp3) is 0.333. The van der Waals surface area contributed by atoms with Gasteiger partial charge in [-0.05, 0) is 75.0 Å². The summed E-state index contributed by atoms with van der Waals surface area (Å²) in [5.41, 5.74) is 4.19. The Bertz CT molecular complexity index is 1240. The molecular weight excluding hydrogens is 396 g/mol. The largest absolute Gasteiger partial charge is 0.439 e. The maximum Gasteiger partial charge on any atom is 0.220 e. The number of aromatic nitrogens is 3. The van der Waals surface area contributed by atoms with Crippen molar-refractivity contribution in [3.63, 3.8) is 0 Å². The van der Waals surface area contributed by atoms with E-state index in [2.05, 4.69) is 47.0 Å². The van der Waals surface area contributed by atoms with Crippen LogP contribution in [0, 0.1) is 12.8 Å². The van der Waals surface area contributed by atoms with Gasteiger partial charge in [-0.25, -0.2) is 4.98 Å². The minimum absolute atomic E-state index is 0.543. The van der Waals surface area contributed by atoms with Gasteiger partial charge in [0.2, 0.25) is 5.88 Å². The molecule has 0 amide bonds. The first kappa shape index (κ1) is 19.5. The lowest BCUT2D eigenvalue weighted by Crippen LogP contribution is -2.44. The first-order valence-corrected chi connectivity index (χ1v) is 11.6. The lowest BCUT2D eigenvalue weighted by atomic mass is 9.79. The molecule has 1 aliphatic heterocycles. The molecule has 5 nitrogen and oxygen atoms in total. The van der Waals surface area contributed by atoms with Crippen LogP contribution in [0.5, 0.6) is 11.6 Å². The van der Waals surface area contributed by atoms with Crippen molar-refractivity contribution in [3.05, 3.63) is 72.4 Å². The minimum atomic E-state index is 0.543. The van der Waals surface area contributed by atoms with Gasteiger partial charge < -0.3 is 9.64 Å². The molecule has 2 aromatic carbocycles. The average molecular weight is 425 g/mol. The smallest absolute Gasteiger partial charge is 0.220 e. The summed E-state index contributed by atoms with van der Waals surface area (Å²) in [5, 5.41) is 6.05. The molecule has 4 aromatic rings. The minimum Gasteiger partial charge on any atom is -0.439 e. The van der Waals surface area contributed by atoms with Crippen molar-refractivity contribution in [1.29, 1.82) is 0 Å². The van der Waals surface area contributed by atoms with Gasteiger partial charge in [0.15, 0.2) is 0 Å². The summed E-state index contributed by atoms with van der Waals surface area (Å²) < 4.78 is 8.15. The first-order chi connectivity index (χ1) is 15.7. The molecule has 2 aliphatic rings. The Balaban J connectivity index is 1.21. The molecule has 6 rings (SSSR count). The number of likely N-dealkylation sites (tertiary alicyclic amines) is 1. The molecular formula is C27H28N4O. The van der Waals surface area contributed by atoms with Crippen LogP contribution in [0.3, 0.4) is 0 Å². The van der Waals surface area contributed by atoms with Crippen LogP contribution < -0.4 is 4.74 Å². The zero-order valence-electron chi connectivity index (χ0n) is 18.4. The normalized spacial score (nSPS) is 20.7. The Morgan fingerprint density at radius 1 is 1.00 bits per heavy atom. The molecule has 2 fully saturated rings. The highest BCUT2D eigenvalue weighted by atomic mass is 16.5. The molecule has 0 N–H and O–H groups in total. The number of nitrogens with zero attached hydrogens (tertiary/aromatic N) is 4. The predicted molar refractivity (Wildman–Crippen MR) is 127 cm³/mol. The molecule has 1 aliphatic carbocycles. The van der Waals surface area contributed by atoms with Crippen LogP contribution in [-0.2, 0) is 0 Å². The van der Waals surface area contributed by atoms with Crippen LogP contribution in [0.15, 0.2) is 66.9 Å². The Kier molecular flexibility index (Phi) is 4.91. The van der Waals surface area contributed by atoms with E-state index >= 15 is 0 Å². The highest BCUT2D eigenvalue weighted by Crippen LogP contribution is 2.39. The summed E-state index contributed by atoms with van der Waals surface area (Å²) in [6.07, 6.45) is 6.00. The maximum absolute atomic E-state index is 5.99. The second-order valence-corrected chi connectivity index (χ2v) is 9.25. The van der Waals surface area contributed by atoms with Crippen LogP contribution in [0.2, 0.25) is 0 Å². The molecule has 1 saturated heterocycles. The third-order valence-corrected chi connectivity index (χ3v) is 6.91. The zero-order valence-corrected chi connectivity index (χ0v) is 18.4. The molecule has 5 heteroatoms. The summed E-state index contributed by atoms with van der Waals surface area (Å²) >= 11 is 0. The molecule has 0 atom stereocenters. The highest BCUT2D eigenvalue weighted by molar-refractivity contribution is 5.86. The fourth-order valence-corrected chi connectivity index (χ4v) is 4.88. The Hall–Kier alpha value is -3.18. The van der Waals surface area contributed by atoms with Gasteiger partial charge in [-0.3, -0.25) is 4.68 Å². The van der Waals surface area contributed by atoms with Crippen LogP contribution in [0.4, 0.5) is 0 Å². The number of benzene rings is 2. The standard InChI is InChI=1S/C27H28N4O/c1-19-14-27(32-23-6-3-2-4-7-23)28-26-17-21(8-9-24(19)26)25-10-13-31(29-25)22-15-20(16-22)18-30-11-5-12-30/h2-4,6-10,13-14,17,20,22H,5,11-12,15-16,18H2,1H3. The van der Waals surface area contributed by atoms with Gasteiger partial charge >= 0.3 is 0 Å². The molecule has 2 aromatic heterocycles. The topological polar surface area (TPSA) is 43.2 Å². The van der Waals surface area contributed by atoms with Gasteiger partial charge in [-0.1, -0.05) is 30.3 Å². The lowest BCUT2D eigenvalue weighted by Gasteiger charge is -2.41. The van der Waals surface area contributed by atoms with E-state index in [4.69, 9.17) is 14.8 Å². The van der Waals surface area contributed by atoms with Crippen molar-refractivity contribution >= 4 is 10.9 Å². The quantitative estimate of drug-likeness (QED) is 0.389. The van der Waals surface area contributed by atoms with Crippen LogP contribution in [0.25, 0.3) is 22.2 Å². The van der Waals surface area contributed by atoms with E-state index in [1.165, 1.54) is 38.9 Å². The zero-order chi connectivity index (χ0) is 21.5. The summed E-state index contributed by atoms with van der Waals surface area (Å²) in [5.74, 6) is 2.25. The van der Waals surface area contributed by atoms with Crippen LogP contribution >= 0.6 is 0 Å². The predicted octanol–water partition coefficient (Wildman–Crippen LogP) is 5.86. The Labute approximate surface area is 188 Å². The number of hydrogen-bond acceptors (Lipinski definition) is 4. The van der Waals surface area contributed by atoms with Crippen molar-refractivity contribution < 1.29 is 4.74 Å². The van der Waals surface area contributed by atoms with Gasteiger partial charge in [0, 0.05) is 29.8 Å². The number of fused-ring (bicyclic) bond motifs is 1. The molecule has 3 heterocycles. The van der Waals surface area contributed by atoms with Gasteiger partial charge in [0.1, 0.15) is 5.75 Å². The number of rotatable bonds is 6. The molecule has 0 unspecified atom stereocenters. The van der Waals surface area contributed by atoms with Crippen molar-refractivity contribution in [2.75, 3.05) is 19.6 Å². The highest BCUT2D eigenvalue weighted by Gasteiger charge is 2.33. The summed E-state index contributed by atoms with van der Waals surface area (Å²) in [4.78, 5) is 7.35. The van der Waals surface area contributed by atoms with Crippen molar-refractivity contribution in [3.8, 4) is 22.9 Å². The van der Waals surface area contributed by atoms with E-state index < -0.39 is 0 Å². The fourth-order valence-electron chi connectivity index (χ4n) is 4.88. The van der Waals surface area contributed by atoms with Crippen LogP contribution in [-0.4, -0.2) is 39.3 Å². The SMILES string of the molecule is Cc1cc(Oc2ccccc2)nc2cc(-c3ccn(C4CC(CN5CCC5)C4)n3)ccc12. The maximum atomic E-state index is 5.99. The molecule has 1 saturated carbocycles. The van der Waals surface area contributed by atoms with E-state index in [9.17, 15) is 0 Å². The first-order valence-electron chi connectivity index (χ1n) is 11.6. The Morgan fingerprint density at radius 2 is 1.84 bits per heavy atom. The number of ether oxygens (including phenoxy) is 1. The van der Waals surface area contributed by atoms with Crippen LogP contribution in [0.1, 0.15) is 30.9 Å². The second kappa shape index (κ2) is 8.06. The molecule has 32 heavy (non-hydrogen) atoms. The van der Waals surface area contributed by atoms with E-state index in [0.717, 1.165) is 39.4 Å². The van der Waals surface area contributed by atoms with Gasteiger partial charge in [-0.2, -0.15) is 5.10 Å². The van der Waals surface area contributed by atoms with Gasteiger partial charge in [0.25, 0.3) is 0 Å². The van der Waals surface area contributed by atoms with Gasteiger partial charge in [0.05, 0.1) is 17.3 Å². The van der Waals surface area contributed by atoms with Gasteiger partial charge in [-0.15, -0.1) is 0 Å². The average Bonchev–Trinajstić information content (AvgIpc) is 3.21. The molecule has 162 valence electrons. The Morgan fingerprint density at radius 3 is 2.62 bits per heavy atom. The van der Waals surface area contributed by atoms with Crippen molar-refractivity contribution in [2.24, 2.45) is 5.92 Å². The third kappa shape index (κ3) is 3.78. The number of hydrogen-bond donors (Lipinski definition) is 0. The van der Waals surface area contributed by atoms with Crippen molar-refractivity contribution in [2.45, 2.75) is 32.2 Å². The molecule has 0 bridgehead atoms. The molecule has 0 radical (unpaired) electrons. The van der Waals surface area contributed by atoms with Crippen molar-refractivity contribution in [1.82, 2.24) is 19.7 Å². The summed E-state index contributed by atoms with van der Waals surface area (Å²) in [6.45, 7) is 5.96. The van der Waals surface area contributed by atoms with E-state index in [1.54, 1.807) is 0 Å². The van der Waals surface area contributed by atoms with E-state index in [1.807, 2.05) is 36.4 Å². The monoisotopic (exact) mass is 424 g/mol. The number of para-hydroxylation sites is 1. The summed E-state index contributed by atoms with van der Waals surface area (Å²) in [6, 6.07) is 20.9. The number of pyridine rings is 1. The van der Waals surface area contributed by atoms with E-state index in [0.29, 0.717) is 11.9 Å². The lowest BCUT2D eigenvalue weighted by molar-refractivity contribution is 0.0866. The summed E-state index contributed by atoms with van der Waals surface area (Å²) in [7, 11) is 0. The van der Waals surface area contributed by atoms with E-state index in [-0.39, 0.29) is 0 Å². The number of aryl methyl sites for hydroxylation is 1. The molecule has 0 spiro atoms. The third-order valence-electron chi connectivity index (χ3n) is 6.91. The second-order valence-electron chi connectivity index (χ2n) is 9.25.